The molecule has 0 saturated carbocycles. The van der Waals surface area contributed by atoms with E-state index in [4.69, 9.17) is 11.6 Å². The standard InChI is InChI=1S/C12H15ClN4S/c1-8(9-4-3-5-18-9)6-15-12-10(14-2)11(13)16-7-17-12/h3-5,7-8,14H,6H2,1-2H3,(H,15,16,17). The first-order chi connectivity index (χ1) is 8.72. The Kier molecular flexibility index (Phi) is 4.38. The number of halogens is 1. The van der Waals surface area contributed by atoms with Crippen molar-refractivity contribution in [1.82, 2.24) is 9.97 Å². The van der Waals surface area contributed by atoms with Crippen LogP contribution in [-0.2, 0) is 0 Å². The number of rotatable bonds is 5. The van der Waals surface area contributed by atoms with Gasteiger partial charge in [0.1, 0.15) is 12.0 Å². The highest BCUT2D eigenvalue weighted by molar-refractivity contribution is 7.10. The Morgan fingerprint density at radius 2 is 2.28 bits per heavy atom. The zero-order chi connectivity index (χ0) is 13.0. The van der Waals surface area contributed by atoms with Gasteiger partial charge >= 0.3 is 0 Å². The molecule has 6 heteroatoms. The third kappa shape index (κ3) is 2.91. The average Bonchev–Trinajstić information content (AvgIpc) is 2.90. The van der Waals surface area contributed by atoms with Crippen LogP contribution in [0.5, 0.6) is 0 Å². The van der Waals surface area contributed by atoms with Crippen molar-refractivity contribution in [1.29, 1.82) is 0 Å². The average molecular weight is 283 g/mol. The van der Waals surface area contributed by atoms with E-state index < -0.39 is 0 Å². The lowest BCUT2D eigenvalue weighted by molar-refractivity contribution is 0.818. The molecule has 18 heavy (non-hydrogen) atoms. The summed E-state index contributed by atoms with van der Waals surface area (Å²) < 4.78 is 0. The number of thiophene rings is 1. The molecule has 0 amide bonds. The van der Waals surface area contributed by atoms with Crippen LogP contribution >= 0.6 is 22.9 Å². The van der Waals surface area contributed by atoms with Crippen LogP contribution in [0.2, 0.25) is 5.15 Å². The van der Waals surface area contributed by atoms with Crippen molar-refractivity contribution in [3.8, 4) is 0 Å². The minimum Gasteiger partial charge on any atom is -0.383 e. The summed E-state index contributed by atoms with van der Waals surface area (Å²) in [6, 6.07) is 4.21. The van der Waals surface area contributed by atoms with E-state index in [1.165, 1.54) is 11.2 Å². The van der Waals surface area contributed by atoms with Crippen molar-refractivity contribution in [2.45, 2.75) is 12.8 Å². The topological polar surface area (TPSA) is 49.8 Å². The fraction of sp³-hybridized carbons (Fsp3) is 0.333. The normalized spacial score (nSPS) is 12.2. The zero-order valence-electron chi connectivity index (χ0n) is 10.3. The maximum atomic E-state index is 5.99. The van der Waals surface area contributed by atoms with Crippen molar-refractivity contribution < 1.29 is 0 Å². The van der Waals surface area contributed by atoms with Crippen LogP contribution in [0.4, 0.5) is 11.5 Å². The molecule has 0 radical (unpaired) electrons. The summed E-state index contributed by atoms with van der Waals surface area (Å²) in [7, 11) is 1.80. The molecule has 1 atom stereocenters. The SMILES string of the molecule is CNc1c(Cl)ncnc1NCC(C)c1cccs1. The molecule has 2 rings (SSSR count). The molecule has 2 aromatic heterocycles. The Morgan fingerprint density at radius 3 is 2.94 bits per heavy atom. The fourth-order valence-electron chi connectivity index (χ4n) is 1.64. The van der Waals surface area contributed by atoms with E-state index in [-0.39, 0.29) is 0 Å². The van der Waals surface area contributed by atoms with Gasteiger partial charge < -0.3 is 10.6 Å². The second kappa shape index (κ2) is 6.02. The molecule has 0 aliphatic rings. The summed E-state index contributed by atoms with van der Waals surface area (Å²) in [5, 5.41) is 8.83. The molecule has 2 aromatic rings. The fourth-order valence-corrected chi connectivity index (χ4v) is 2.66. The number of nitrogens with zero attached hydrogens (tertiary/aromatic N) is 2. The van der Waals surface area contributed by atoms with Crippen LogP contribution in [0.15, 0.2) is 23.8 Å². The first-order valence-corrected chi connectivity index (χ1v) is 6.93. The summed E-state index contributed by atoms with van der Waals surface area (Å²) in [5.41, 5.74) is 0.734. The smallest absolute Gasteiger partial charge is 0.157 e. The van der Waals surface area contributed by atoms with E-state index in [9.17, 15) is 0 Å². The van der Waals surface area contributed by atoms with E-state index in [1.807, 2.05) is 0 Å². The molecule has 0 aromatic carbocycles. The minimum atomic E-state index is 0.429. The molecule has 0 aliphatic carbocycles. The molecule has 96 valence electrons. The lowest BCUT2D eigenvalue weighted by Gasteiger charge is -2.14. The maximum absolute atomic E-state index is 5.99. The molecule has 4 nitrogen and oxygen atoms in total. The van der Waals surface area contributed by atoms with Gasteiger partial charge in [-0.2, -0.15) is 0 Å². The van der Waals surface area contributed by atoms with Crippen molar-refractivity contribution in [2.75, 3.05) is 24.2 Å². The summed E-state index contributed by atoms with van der Waals surface area (Å²) >= 11 is 7.76. The quantitative estimate of drug-likeness (QED) is 0.825. The van der Waals surface area contributed by atoms with E-state index >= 15 is 0 Å². The molecule has 2 N–H and O–H groups in total. The molecule has 0 aliphatic heterocycles. The number of anilines is 2. The van der Waals surface area contributed by atoms with Crippen LogP contribution in [0, 0.1) is 0 Å². The summed E-state index contributed by atoms with van der Waals surface area (Å²) in [6.45, 7) is 2.99. The van der Waals surface area contributed by atoms with E-state index in [0.717, 1.165) is 18.1 Å². The highest BCUT2D eigenvalue weighted by Crippen LogP contribution is 2.27. The van der Waals surface area contributed by atoms with Gasteiger partial charge in [-0.15, -0.1) is 11.3 Å². The first kappa shape index (κ1) is 13.1. The van der Waals surface area contributed by atoms with Gasteiger partial charge in [-0.05, 0) is 11.4 Å². The number of nitrogens with one attached hydrogen (secondary N) is 2. The van der Waals surface area contributed by atoms with Gasteiger partial charge in [-0.3, -0.25) is 0 Å². The van der Waals surface area contributed by atoms with Gasteiger partial charge in [0.2, 0.25) is 0 Å². The van der Waals surface area contributed by atoms with Crippen LogP contribution in [-0.4, -0.2) is 23.6 Å². The van der Waals surface area contributed by atoms with Crippen molar-refractivity contribution in [3.05, 3.63) is 33.9 Å². The Morgan fingerprint density at radius 1 is 1.44 bits per heavy atom. The Bertz CT molecular complexity index is 501. The third-order valence-electron chi connectivity index (χ3n) is 2.66. The predicted molar refractivity (Wildman–Crippen MR) is 77.8 cm³/mol. The molecule has 0 spiro atoms. The summed E-state index contributed by atoms with van der Waals surface area (Å²) in [5.74, 6) is 1.17. The third-order valence-corrected chi connectivity index (χ3v) is 4.05. The highest BCUT2D eigenvalue weighted by Gasteiger charge is 2.10. The van der Waals surface area contributed by atoms with Gasteiger partial charge in [0.15, 0.2) is 11.0 Å². The lowest BCUT2D eigenvalue weighted by Crippen LogP contribution is -2.12. The second-order valence-electron chi connectivity index (χ2n) is 3.94. The minimum absolute atomic E-state index is 0.429. The Hall–Kier alpha value is -1.33. The van der Waals surface area contributed by atoms with E-state index in [1.54, 1.807) is 18.4 Å². The van der Waals surface area contributed by atoms with Gasteiger partial charge in [-0.25, -0.2) is 9.97 Å². The van der Waals surface area contributed by atoms with Crippen molar-refractivity contribution in [3.63, 3.8) is 0 Å². The predicted octanol–water partition coefficient (Wildman–Crippen LogP) is 3.45. The number of hydrogen-bond acceptors (Lipinski definition) is 5. The molecular weight excluding hydrogens is 268 g/mol. The molecule has 0 bridgehead atoms. The Labute approximate surface area is 115 Å². The lowest BCUT2D eigenvalue weighted by atomic mass is 10.1. The number of hydrogen-bond donors (Lipinski definition) is 2. The largest absolute Gasteiger partial charge is 0.383 e. The number of aromatic nitrogens is 2. The van der Waals surface area contributed by atoms with Gasteiger partial charge in [0.05, 0.1) is 0 Å². The van der Waals surface area contributed by atoms with Crippen molar-refractivity contribution in [2.24, 2.45) is 0 Å². The highest BCUT2D eigenvalue weighted by atomic mass is 35.5. The molecular formula is C12H15ClN4S. The second-order valence-corrected chi connectivity index (χ2v) is 5.27. The maximum Gasteiger partial charge on any atom is 0.157 e. The van der Waals surface area contributed by atoms with E-state index in [0.29, 0.717) is 11.1 Å². The van der Waals surface area contributed by atoms with E-state index in [2.05, 4.69) is 45.0 Å². The van der Waals surface area contributed by atoms with Gasteiger partial charge in [0, 0.05) is 24.4 Å². The van der Waals surface area contributed by atoms with Crippen LogP contribution in [0.1, 0.15) is 17.7 Å². The molecule has 2 heterocycles. The first-order valence-electron chi connectivity index (χ1n) is 5.68. The zero-order valence-corrected chi connectivity index (χ0v) is 11.8. The molecule has 0 saturated heterocycles. The molecule has 0 fully saturated rings. The van der Waals surface area contributed by atoms with Gasteiger partial charge in [-0.1, -0.05) is 24.6 Å². The van der Waals surface area contributed by atoms with Gasteiger partial charge in [0.25, 0.3) is 0 Å². The summed E-state index contributed by atoms with van der Waals surface area (Å²) in [4.78, 5) is 9.49. The van der Waals surface area contributed by atoms with Crippen molar-refractivity contribution >= 4 is 34.4 Å². The molecule has 1 unspecified atom stereocenters. The summed E-state index contributed by atoms with van der Waals surface area (Å²) in [6.07, 6.45) is 1.46. The van der Waals surface area contributed by atoms with Crippen LogP contribution in [0.25, 0.3) is 0 Å². The van der Waals surface area contributed by atoms with Crippen LogP contribution in [0.3, 0.4) is 0 Å². The van der Waals surface area contributed by atoms with Crippen LogP contribution < -0.4 is 10.6 Å². The Balaban J connectivity index is 2.04. The monoisotopic (exact) mass is 282 g/mol.